The Kier molecular flexibility index (Phi) is 9.18. The lowest BCUT2D eigenvalue weighted by molar-refractivity contribution is -0.138. The Balaban J connectivity index is 3.14. The van der Waals surface area contributed by atoms with E-state index >= 15 is 0 Å². The van der Waals surface area contributed by atoms with Crippen LogP contribution >= 0.6 is 0 Å². The molecular formula is C22H31N3O5. The van der Waals surface area contributed by atoms with E-state index in [0.29, 0.717) is 6.54 Å². The zero-order chi connectivity index (χ0) is 22.9. The quantitative estimate of drug-likeness (QED) is 0.342. The largest absolute Gasteiger partial charge is 0.508 e. The van der Waals surface area contributed by atoms with Crippen molar-refractivity contribution in [2.24, 2.45) is 0 Å². The molecule has 1 aromatic rings. The van der Waals surface area contributed by atoms with E-state index in [-0.39, 0.29) is 11.3 Å². The number of hydrogen-bond acceptors (Lipinski definition) is 5. The van der Waals surface area contributed by atoms with Crippen molar-refractivity contribution in [1.82, 2.24) is 15.5 Å². The molecule has 1 aromatic carbocycles. The molecule has 0 aliphatic rings. The van der Waals surface area contributed by atoms with Gasteiger partial charge in [0.25, 0.3) is 5.91 Å². The molecule has 3 N–H and O–H groups in total. The summed E-state index contributed by atoms with van der Waals surface area (Å²) >= 11 is 0. The van der Waals surface area contributed by atoms with Gasteiger partial charge in [0.1, 0.15) is 17.4 Å². The lowest BCUT2D eigenvalue weighted by Gasteiger charge is -2.29. The molecule has 164 valence electrons. The van der Waals surface area contributed by atoms with Gasteiger partial charge in [0.2, 0.25) is 5.91 Å². The number of nitrogens with one attached hydrogen (secondary N) is 2. The smallest absolute Gasteiger partial charge is 0.408 e. The zero-order valence-electron chi connectivity index (χ0n) is 18.2. The second kappa shape index (κ2) is 11.1. The van der Waals surface area contributed by atoms with Crippen LogP contribution in [0.25, 0.3) is 0 Å². The summed E-state index contributed by atoms with van der Waals surface area (Å²) < 4.78 is 5.16. The molecule has 0 spiro atoms. The number of terminal acetylenes is 1. The third-order valence-corrected chi connectivity index (χ3v) is 4.05. The van der Waals surface area contributed by atoms with Crippen LogP contribution < -0.4 is 10.6 Å². The number of aromatic hydroxyl groups is 1. The molecule has 0 saturated carbocycles. The average Bonchev–Trinajstić information content (AvgIpc) is 2.64. The molecule has 0 aromatic heterocycles. The van der Waals surface area contributed by atoms with Crippen molar-refractivity contribution in [3.8, 4) is 18.2 Å². The van der Waals surface area contributed by atoms with Crippen molar-refractivity contribution in [3.05, 3.63) is 29.8 Å². The van der Waals surface area contributed by atoms with Crippen LogP contribution in [0.4, 0.5) is 4.79 Å². The van der Waals surface area contributed by atoms with Crippen LogP contribution in [0.5, 0.6) is 5.75 Å². The molecule has 8 heteroatoms. The maximum atomic E-state index is 13.0. The number of alkyl carbamates (subject to hydrolysis) is 1. The number of carbonyl (C=O) groups is 3. The Labute approximate surface area is 178 Å². The highest BCUT2D eigenvalue weighted by Crippen LogP contribution is 2.29. The van der Waals surface area contributed by atoms with Crippen LogP contribution in [0.1, 0.15) is 59.1 Å². The molecule has 0 aliphatic carbocycles. The van der Waals surface area contributed by atoms with Crippen LogP contribution in [-0.4, -0.2) is 46.1 Å². The SMILES string of the molecule is C#CN(C(=O)C(C)NC(=O)OC(C)(C)C)C(C(=O)NCCCC)c1ccccc1O. The van der Waals surface area contributed by atoms with E-state index in [1.54, 1.807) is 32.9 Å². The number of amides is 3. The molecule has 3 amide bonds. The van der Waals surface area contributed by atoms with Crippen LogP contribution in [0.3, 0.4) is 0 Å². The van der Waals surface area contributed by atoms with E-state index in [1.165, 1.54) is 19.1 Å². The number of phenols is 1. The van der Waals surface area contributed by atoms with Crippen LogP contribution in [0.2, 0.25) is 0 Å². The van der Waals surface area contributed by atoms with Gasteiger partial charge in [0.15, 0.2) is 6.04 Å². The standard InChI is InChI=1S/C22H31N3O5/c1-7-9-14-23-19(27)18(16-12-10-11-13-17(16)26)25(8-2)20(28)15(3)24-21(29)30-22(4,5)6/h2,10-13,15,18,26H,7,9,14H2,1,3-6H3,(H,23,27)(H,24,29). The van der Waals surface area contributed by atoms with Gasteiger partial charge in [-0.05, 0) is 40.2 Å². The summed E-state index contributed by atoms with van der Waals surface area (Å²) in [7, 11) is 0. The molecule has 0 bridgehead atoms. The molecule has 0 heterocycles. The summed E-state index contributed by atoms with van der Waals surface area (Å²) in [5.74, 6) is -1.39. The van der Waals surface area contributed by atoms with E-state index in [2.05, 4.69) is 16.7 Å². The van der Waals surface area contributed by atoms with E-state index in [9.17, 15) is 19.5 Å². The summed E-state index contributed by atoms with van der Waals surface area (Å²) in [6.07, 6.45) is 6.41. The molecule has 1 rings (SSSR count). The predicted octanol–water partition coefficient (Wildman–Crippen LogP) is 2.68. The molecule has 2 unspecified atom stereocenters. The number of carbonyl (C=O) groups excluding carboxylic acids is 3. The van der Waals surface area contributed by atoms with Gasteiger partial charge in [-0.1, -0.05) is 38.0 Å². The number of unbranched alkanes of at least 4 members (excludes halogenated alkanes) is 1. The van der Waals surface area contributed by atoms with Gasteiger partial charge in [0.05, 0.1) is 0 Å². The Bertz CT molecular complexity index is 795. The summed E-state index contributed by atoms with van der Waals surface area (Å²) in [5.41, 5.74) is -0.557. The molecule has 2 atom stereocenters. The first-order valence-electron chi connectivity index (χ1n) is 9.86. The fourth-order valence-electron chi connectivity index (χ4n) is 2.62. The Hall–Kier alpha value is -3.21. The third kappa shape index (κ3) is 7.32. The predicted molar refractivity (Wildman–Crippen MR) is 113 cm³/mol. The van der Waals surface area contributed by atoms with Crippen molar-refractivity contribution >= 4 is 17.9 Å². The maximum absolute atomic E-state index is 13.0. The van der Waals surface area contributed by atoms with E-state index in [1.807, 2.05) is 6.92 Å². The van der Waals surface area contributed by atoms with Crippen molar-refractivity contribution in [2.45, 2.75) is 65.1 Å². The van der Waals surface area contributed by atoms with Gasteiger partial charge in [-0.3, -0.25) is 14.5 Å². The van der Waals surface area contributed by atoms with E-state index in [4.69, 9.17) is 11.2 Å². The molecular weight excluding hydrogens is 386 g/mol. The van der Waals surface area contributed by atoms with Gasteiger partial charge in [0, 0.05) is 18.2 Å². The first kappa shape index (κ1) is 24.8. The lowest BCUT2D eigenvalue weighted by Crippen LogP contribution is -2.50. The fraction of sp³-hybridized carbons (Fsp3) is 0.500. The van der Waals surface area contributed by atoms with Crippen molar-refractivity contribution in [3.63, 3.8) is 0 Å². The minimum atomic E-state index is -1.26. The summed E-state index contributed by atoms with van der Waals surface area (Å²) in [6.45, 7) is 8.91. The minimum Gasteiger partial charge on any atom is -0.508 e. The lowest BCUT2D eigenvalue weighted by atomic mass is 10.0. The second-order valence-electron chi connectivity index (χ2n) is 7.81. The molecule has 30 heavy (non-hydrogen) atoms. The van der Waals surface area contributed by atoms with E-state index in [0.717, 1.165) is 17.7 Å². The van der Waals surface area contributed by atoms with E-state index < -0.39 is 35.6 Å². The van der Waals surface area contributed by atoms with Gasteiger partial charge < -0.3 is 20.5 Å². The summed E-state index contributed by atoms with van der Waals surface area (Å²) in [6, 6.07) is 6.05. The normalized spacial score (nSPS) is 12.8. The maximum Gasteiger partial charge on any atom is 0.408 e. The van der Waals surface area contributed by atoms with Gasteiger partial charge in [-0.2, -0.15) is 0 Å². The number of ether oxygens (including phenoxy) is 1. The highest BCUT2D eigenvalue weighted by Gasteiger charge is 2.35. The minimum absolute atomic E-state index is 0.172. The van der Waals surface area contributed by atoms with Crippen molar-refractivity contribution in [2.75, 3.05) is 6.54 Å². The van der Waals surface area contributed by atoms with Gasteiger partial charge in [-0.25, -0.2) is 4.79 Å². The first-order valence-corrected chi connectivity index (χ1v) is 9.86. The van der Waals surface area contributed by atoms with Crippen LogP contribution in [0, 0.1) is 12.5 Å². The number of nitrogens with zero attached hydrogens (tertiary/aromatic N) is 1. The summed E-state index contributed by atoms with van der Waals surface area (Å²) in [5, 5.41) is 15.4. The number of phenolic OH excluding ortho intramolecular Hbond substituents is 1. The Morgan fingerprint density at radius 2 is 1.90 bits per heavy atom. The average molecular weight is 418 g/mol. The zero-order valence-corrected chi connectivity index (χ0v) is 18.2. The highest BCUT2D eigenvalue weighted by atomic mass is 16.6. The number of hydrogen-bond donors (Lipinski definition) is 3. The first-order chi connectivity index (χ1) is 14.0. The molecule has 0 aliphatic heterocycles. The van der Waals surface area contributed by atoms with Gasteiger partial charge >= 0.3 is 6.09 Å². The Morgan fingerprint density at radius 3 is 2.43 bits per heavy atom. The molecule has 0 saturated heterocycles. The third-order valence-electron chi connectivity index (χ3n) is 4.05. The van der Waals surface area contributed by atoms with Crippen molar-refractivity contribution < 1.29 is 24.2 Å². The van der Waals surface area contributed by atoms with Crippen molar-refractivity contribution in [1.29, 1.82) is 0 Å². The molecule has 8 nitrogen and oxygen atoms in total. The fourth-order valence-corrected chi connectivity index (χ4v) is 2.62. The van der Waals surface area contributed by atoms with Crippen LogP contribution in [-0.2, 0) is 14.3 Å². The van der Waals surface area contributed by atoms with Crippen LogP contribution in [0.15, 0.2) is 24.3 Å². The molecule has 0 radical (unpaired) electrons. The molecule has 0 fully saturated rings. The summed E-state index contributed by atoms with van der Waals surface area (Å²) in [4.78, 5) is 38.8. The number of para-hydroxylation sites is 1. The number of benzene rings is 1. The second-order valence-corrected chi connectivity index (χ2v) is 7.81. The number of rotatable bonds is 8. The highest BCUT2D eigenvalue weighted by molar-refractivity contribution is 5.93. The topological polar surface area (TPSA) is 108 Å². The monoisotopic (exact) mass is 417 g/mol. The van der Waals surface area contributed by atoms with Gasteiger partial charge in [-0.15, -0.1) is 0 Å². The Morgan fingerprint density at radius 1 is 1.27 bits per heavy atom.